The molecule has 1 fully saturated rings. The van der Waals surface area contributed by atoms with Crippen molar-refractivity contribution in [1.82, 2.24) is 15.1 Å². The van der Waals surface area contributed by atoms with Gasteiger partial charge in [-0.3, -0.25) is 5.32 Å². The zero-order chi connectivity index (χ0) is 24.3. The summed E-state index contributed by atoms with van der Waals surface area (Å²) in [7, 11) is 0. The third-order valence-corrected chi connectivity index (χ3v) is 7.10. The van der Waals surface area contributed by atoms with Gasteiger partial charge in [-0.1, -0.05) is 74.9 Å². The highest BCUT2D eigenvalue weighted by Crippen LogP contribution is 2.49. The van der Waals surface area contributed by atoms with Crippen LogP contribution in [0.25, 0.3) is 11.8 Å². The molecule has 2 aromatic carbocycles. The highest BCUT2D eigenvalue weighted by molar-refractivity contribution is 5.84. The first-order valence-corrected chi connectivity index (χ1v) is 12.6. The molecule has 0 saturated carbocycles. The van der Waals surface area contributed by atoms with Crippen molar-refractivity contribution in [3.63, 3.8) is 0 Å². The number of rotatable bonds is 4. The average Bonchev–Trinajstić information content (AvgIpc) is 3.04. The molecule has 1 saturated heterocycles. The summed E-state index contributed by atoms with van der Waals surface area (Å²) >= 11 is 0. The van der Waals surface area contributed by atoms with E-state index in [1.165, 1.54) is 33.5 Å². The Labute approximate surface area is 205 Å². The fourth-order valence-corrected chi connectivity index (χ4v) is 6.37. The van der Waals surface area contributed by atoms with E-state index in [0.29, 0.717) is 0 Å². The Morgan fingerprint density at radius 3 is 2.44 bits per heavy atom. The summed E-state index contributed by atoms with van der Waals surface area (Å²) in [6, 6.07) is 18.1. The Hall–Kier alpha value is -2.78. The van der Waals surface area contributed by atoms with Crippen molar-refractivity contribution in [2.75, 3.05) is 0 Å². The van der Waals surface area contributed by atoms with Gasteiger partial charge in [-0.25, -0.2) is 0 Å². The lowest BCUT2D eigenvalue weighted by Crippen LogP contribution is -2.54. The standard InChI is InChI=1S/C31H39N3/c1-21-11-10-13-24(17-21)26-18-23-12-8-9-14-25(23)28-29(32-31(6,7)20-30(3,4)5)33-19-22(2)15-16-27(33)34(26)28/h8-19,27-29,32H,20H2,1-7H3. The molecule has 3 nitrogen and oxygen atoms in total. The van der Waals surface area contributed by atoms with Gasteiger partial charge in [0.2, 0.25) is 0 Å². The Kier molecular flexibility index (Phi) is 5.52. The minimum atomic E-state index is -0.00795. The van der Waals surface area contributed by atoms with E-state index in [1.54, 1.807) is 0 Å². The predicted molar refractivity (Wildman–Crippen MR) is 144 cm³/mol. The quantitative estimate of drug-likeness (QED) is 0.533. The van der Waals surface area contributed by atoms with Crippen molar-refractivity contribution in [2.24, 2.45) is 5.41 Å². The van der Waals surface area contributed by atoms with Crippen LogP contribution in [-0.4, -0.2) is 27.7 Å². The van der Waals surface area contributed by atoms with Crippen molar-refractivity contribution in [1.29, 1.82) is 0 Å². The van der Waals surface area contributed by atoms with Crippen LogP contribution in [0.15, 0.2) is 72.5 Å². The molecule has 3 atom stereocenters. The van der Waals surface area contributed by atoms with Crippen LogP contribution in [0.4, 0.5) is 0 Å². The molecule has 0 spiro atoms. The molecule has 3 aliphatic heterocycles. The van der Waals surface area contributed by atoms with Crippen molar-refractivity contribution in [3.05, 3.63) is 94.7 Å². The zero-order valence-electron chi connectivity index (χ0n) is 21.8. The Morgan fingerprint density at radius 2 is 1.71 bits per heavy atom. The molecule has 0 aromatic heterocycles. The topological polar surface area (TPSA) is 18.5 Å². The van der Waals surface area contributed by atoms with Crippen LogP contribution in [0.2, 0.25) is 0 Å². The summed E-state index contributed by atoms with van der Waals surface area (Å²) in [6.45, 7) is 16.1. The van der Waals surface area contributed by atoms with Gasteiger partial charge in [0.1, 0.15) is 12.3 Å². The Bertz CT molecular complexity index is 1180. The summed E-state index contributed by atoms with van der Waals surface area (Å²) in [5, 5.41) is 4.13. The highest BCUT2D eigenvalue weighted by Gasteiger charge is 2.50. The molecule has 34 heavy (non-hydrogen) atoms. The number of benzene rings is 2. The Morgan fingerprint density at radius 1 is 0.941 bits per heavy atom. The van der Waals surface area contributed by atoms with E-state index in [-0.39, 0.29) is 29.3 Å². The van der Waals surface area contributed by atoms with Gasteiger partial charge >= 0.3 is 0 Å². The van der Waals surface area contributed by atoms with Crippen LogP contribution in [0.1, 0.15) is 76.3 Å². The fraction of sp³-hybridized carbons (Fsp3) is 0.419. The second-order valence-electron chi connectivity index (χ2n) is 12.2. The van der Waals surface area contributed by atoms with Crippen LogP contribution in [0.3, 0.4) is 0 Å². The molecule has 2 aromatic rings. The second-order valence-corrected chi connectivity index (χ2v) is 12.2. The highest BCUT2D eigenvalue weighted by atomic mass is 15.5. The van der Waals surface area contributed by atoms with Crippen LogP contribution < -0.4 is 5.32 Å². The maximum absolute atomic E-state index is 4.13. The van der Waals surface area contributed by atoms with Gasteiger partial charge < -0.3 is 9.80 Å². The van der Waals surface area contributed by atoms with E-state index in [4.69, 9.17) is 0 Å². The van der Waals surface area contributed by atoms with E-state index in [0.717, 1.165) is 6.42 Å². The van der Waals surface area contributed by atoms with Gasteiger partial charge in [0.25, 0.3) is 0 Å². The van der Waals surface area contributed by atoms with Crippen molar-refractivity contribution < 1.29 is 0 Å². The Balaban J connectivity index is 1.65. The van der Waals surface area contributed by atoms with Gasteiger partial charge in [0.05, 0.1) is 6.04 Å². The summed E-state index contributed by atoms with van der Waals surface area (Å²) < 4.78 is 0. The number of nitrogens with one attached hydrogen (secondary N) is 1. The first kappa shape index (κ1) is 23.0. The maximum atomic E-state index is 4.13. The van der Waals surface area contributed by atoms with E-state index in [9.17, 15) is 0 Å². The number of nitrogens with zero attached hydrogens (tertiary/aromatic N) is 2. The molecule has 0 aliphatic carbocycles. The fourth-order valence-electron chi connectivity index (χ4n) is 6.37. The second kappa shape index (κ2) is 8.16. The third kappa shape index (κ3) is 4.22. The lowest BCUT2D eigenvalue weighted by atomic mass is 9.81. The van der Waals surface area contributed by atoms with Crippen LogP contribution >= 0.6 is 0 Å². The van der Waals surface area contributed by atoms with E-state index in [2.05, 4.69) is 137 Å². The van der Waals surface area contributed by atoms with Crippen molar-refractivity contribution in [3.8, 4) is 0 Å². The minimum Gasteiger partial charge on any atom is -0.337 e. The molecule has 178 valence electrons. The van der Waals surface area contributed by atoms with Gasteiger partial charge in [-0.05, 0) is 80.0 Å². The normalized spacial score (nSPS) is 23.8. The maximum Gasteiger partial charge on any atom is 0.123 e. The first-order valence-electron chi connectivity index (χ1n) is 12.6. The first-order chi connectivity index (χ1) is 16.0. The molecule has 3 heteroatoms. The number of allylic oxidation sites excluding steroid dienone is 2. The van der Waals surface area contributed by atoms with Gasteiger partial charge in [-0.2, -0.15) is 0 Å². The summed E-state index contributed by atoms with van der Waals surface area (Å²) in [4.78, 5) is 5.19. The molecule has 0 amide bonds. The van der Waals surface area contributed by atoms with Crippen LogP contribution in [-0.2, 0) is 0 Å². The summed E-state index contributed by atoms with van der Waals surface area (Å²) in [5.74, 6) is 0. The van der Waals surface area contributed by atoms with E-state index >= 15 is 0 Å². The number of hydrogen-bond donors (Lipinski definition) is 1. The van der Waals surface area contributed by atoms with E-state index < -0.39 is 0 Å². The molecule has 1 N–H and O–H groups in total. The van der Waals surface area contributed by atoms with Gasteiger partial charge in [0, 0.05) is 17.4 Å². The molecule has 0 bridgehead atoms. The zero-order valence-corrected chi connectivity index (χ0v) is 21.8. The SMILES string of the molecule is CC1=CN2C(NC(C)(C)CC(C)(C)C)C3c4ccccc4C=C(c4cccc(C)c4)N3C2C=C1. The number of hydrogen-bond acceptors (Lipinski definition) is 3. The van der Waals surface area contributed by atoms with Crippen LogP contribution in [0.5, 0.6) is 0 Å². The smallest absolute Gasteiger partial charge is 0.123 e. The number of fused-ring (bicyclic) bond motifs is 5. The predicted octanol–water partition coefficient (Wildman–Crippen LogP) is 7.10. The summed E-state index contributed by atoms with van der Waals surface area (Å²) in [5.41, 5.74) is 8.14. The summed E-state index contributed by atoms with van der Waals surface area (Å²) in [6.07, 6.45) is 10.8. The van der Waals surface area contributed by atoms with Crippen LogP contribution in [0, 0.1) is 12.3 Å². The molecular formula is C31H39N3. The van der Waals surface area contributed by atoms with E-state index in [1.807, 2.05) is 0 Å². The molecule has 3 unspecified atom stereocenters. The molecule has 0 radical (unpaired) electrons. The van der Waals surface area contributed by atoms with Gasteiger partial charge in [0.15, 0.2) is 0 Å². The van der Waals surface area contributed by atoms with Crippen molar-refractivity contribution in [2.45, 2.75) is 78.8 Å². The number of aryl methyl sites for hydroxylation is 1. The minimum absolute atomic E-state index is 0.00795. The molecule has 3 aliphatic rings. The van der Waals surface area contributed by atoms with Gasteiger partial charge in [-0.15, -0.1) is 0 Å². The molecule has 3 heterocycles. The monoisotopic (exact) mass is 453 g/mol. The van der Waals surface area contributed by atoms with Crippen molar-refractivity contribution >= 4 is 11.8 Å². The third-order valence-electron chi connectivity index (χ3n) is 7.10. The lowest BCUT2D eigenvalue weighted by Gasteiger charge is -2.41. The molecular weight excluding hydrogens is 414 g/mol. The largest absolute Gasteiger partial charge is 0.337 e. The lowest BCUT2D eigenvalue weighted by molar-refractivity contribution is 0.158. The molecule has 5 rings (SSSR count). The average molecular weight is 454 g/mol.